The van der Waals surface area contributed by atoms with Gasteiger partial charge in [-0.15, -0.1) is 0 Å². The summed E-state index contributed by atoms with van der Waals surface area (Å²) in [6.45, 7) is 6.28. The molecule has 1 heterocycles. The van der Waals surface area contributed by atoms with Crippen molar-refractivity contribution in [2.45, 2.75) is 32.6 Å². The number of amides is 1. The van der Waals surface area contributed by atoms with E-state index in [-0.39, 0.29) is 5.91 Å². The van der Waals surface area contributed by atoms with E-state index < -0.39 is 5.41 Å². The van der Waals surface area contributed by atoms with Gasteiger partial charge >= 0.3 is 0 Å². The standard InChI is InChI=1S/C19H21NO/c1-13-9-14(2)11-15(10-13)12-19(3)16-7-5-6-8-17(16)20(4)18(19)21/h5-11H,12H2,1-4H3/t19-/m1/s1. The number of rotatable bonds is 2. The summed E-state index contributed by atoms with van der Waals surface area (Å²) in [5, 5.41) is 0. The van der Waals surface area contributed by atoms with Gasteiger partial charge in [0.1, 0.15) is 0 Å². The maximum Gasteiger partial charge on any atom is 0.237 e. The van der Waals surface area contributed by atoms with E-state index in [2.05, 4.69) is 45.0 Å². The van der Waals surface area contributed by atoms with Crippen LogP contribution in [0.2, 0.25) is 0 Å². The minimum absolute atomic E-state index is 0.183. The second kappa shape index (κ2) is 4.73. The first-order valence-corrected chi connectivity index (χ1v) is 7.37. The summed E-state index contributed by atoms with van der Waals surface area (Å²) >= 11 is 0. The Morgan fingerprint density at radius 1 is 1.05 bits per heavy atom. The SMILES string of the molecule is Cc1cc(C)cc(C[C@@]2(C)C(=O)N(C)c3ccccc32)c1. The van der Waals surface area contributed by atoms with Crippen molar-refractivity contribution in [1.82, 2.24) is 0 Å². The molecule has 0 aliphatic carbocycles. The van der Waals surface area contributed by atoms with Crippen LogP contribution in [0, 0.1) is 13.8 Å². The van der Waals surface area contributed by atoms with Gasteiger partial charge in [0.2, 0.25) is 5.91 Å². The topological polar surface area (TPSA) is 20.3 Å². The number of anilines is 1. The van der Waals surface area contributed by atoms with Gasteiger partial charge in [0.15, 0.2) is 0 Å². The van der Waals surface area contributed by atoms with Crippen molar-refractivity contribution in [2.75, 3.05) is 11.9 Å². The smallest absolute Gasteiger partial charge is 0.237 e. The molecular weight excluding hydrogens is 258 g/mol. The Labute approximate surface area is 126 Å². The zero-order valence-corrected chi connectivity index (χ0v) is 13.1. The number of likely N-dealkylation sites (N-methyl/N-ethyl adjacent to an activating group) is 1. The molecule has 2 aromatic rings. The Morgan fingerprint density at radius 3 is 2.33 bits per heavy atom. The molecule has 0 unspecified atom stereocenters. The van der Waals surface area contributed by atoms with Crippen LogP contribution in [0.25, 0.3) is 0 Å². The lowest BCUT2D eigenvalue weighted by Crippen LogP contribution is -2.37. The Kier molecular flexibility index (Phi) is 3.12. The third kappa shape index (κ3) is 2.15. The summed E-state index contributed by atoms with van der Waals surface area (Å²) < 4.78 is 0. The predicted octanol–water partition coefficient (Wildman–Crippen LogP) is 3.78. The maximum absolute atomic E-state index is 12.8. The van der Waals surface area contributed by atoms with Crippen LogP contribution in [0.15, 0.2) is 42.5 Å². The van der Waals surface area contributed by atoms with Crippen molar-refractivity contribution in [3.63, 3.8) is 0 Å². The van der Waals surface area contributed by atoms with Crippen LogP contribution < -0.4 is 4.90 Å². The van der Waals surface area contributed by atoms with Crippen molar-refractivity contribution in [3.8, 4) is 0 Å². The molecule has 1 atom stereocenters. The first kappa shape index (κ1) is 13.9. The van der Waals surface area contributed by atoms with Gasteiger partial charge in [0, 0.05) is 12.7 Å². The molecule has 0 fully saturated rings. The average Bonchev–Trinajstić information content (AvgIpc) is 2.61. The number of carbonyl (C=O) groups excluding carboxylic acids is 1. The molecule has 1 amide bonds. The van der Waals surface area contributed by atoms with E-state index in [0.717, 1.165) is 17.7 Å². The van der Waals surface area contributed by atoms with Gasteiger partial charge in [-0.2, -0.15) is 0 Å². The number of aryl methyl sites for hydroxylation is 2. The number of para-hydroxylation sites is 1. The molecule has 1 aliphatic rings. The lowest BCUT2D eigenvalue weighted by molar-refractivity contribution is -0.122. The van der Waals surface area contributed by atoms with Crippen LogP contribution in [0.3, 0.4) is 0 Å². The van der Waals surface area contributed by atoms with Gasteiger partial charge in [-0.25, -0.2) is 0 Å². The first-order chi connectivity index (χ1) is 9.91. The van der Waals surface area contributed by atoms with Crippen molar-refractivity contribution in [2.24, 2.45) is 0 Å². The highest BCUT2D eigenvalue weighted by molar-refractivity contribution is 6.07. The van der Waals surface area contributed by atoms with E-state index in [1.165, 1.54) is 16.7 Å². The normalized spacial score (nSPS) is 20.8. The zero-order chi connectivity index (χ0) is 15.2. The third-order valence-electron chi connectivity index (χ3n) is 4.48. The lowest BCUT2D eigenvalue weighted by atomic mass is 9.78. The van der Waals surface area contributed by atoms with Crippen LogP contribution in [-0.2, 0) is 16.6 Å². The van der Waals surface area contributed by atoms with Crippen LogP contribution >= 0.6 is 0 Å². The molecule has 0 bridgehead atoms. The van der Waals surface area contributed by atoms with Crippen molar-refractivity contribution in [1.29, 1.82) is 0 Å². The van der Waals surface area contributed by atoms with E-state index >= 15 is 0 Å². The van der Waals surface area contributed by atoms with E-state index in [4.69, 9.17) is 0 Å². The van der Waals surface area contributed by atoms with Gasteiger partial charge in [-0.3, -0.25) is 4.79 Å². The Hall–Kier alpha value is -2.09. The van der Waals surface area contributed by atoms with E-state index in [1.807, 2.05) is 25.2 Å². The fraction of sp³-hybridized carbons (Fsp3) is 0.316. The van der Waals surface area contributed by atoms with Gasteiger partial charge in [-0.05, 0) is 44.4 Å². The average molecular weight is 279 g/mol. The largest absolute Gasteiger partial charge is 0.314 e. The summed E-state index contributed by atoms with van der Waals surface area (Å²) in [7, 11) is 1.87. The zero-order valence-electron chi connectivity index (χ0n) is 13.1. The van der Waals surface area contributed by atoms with Crippen LogP contribution in [0.5, 0.6) is 0 Å². The number of hydrogen-bond acceptors (Lipinski definition) is 1. The Morgan fingerprint density at radius 2 is 1.67 bits per heavy atom. The van der Waals surface area contributed by atoms with Gasteiger partial charge < -0.3 is 4.90 Å². The first-order valence-electron chi connectivity index (χ1n) is 7.37. The Balaban J connectivity index is 2.06. The molecule has 21 heavy (non-hydrogen) atoms. The van der Waals surface area contributed by atoms with Crippen molar-refractivity contribution < 1.29 is 4.79 Å². The number of carbonyl (C=O) groups is 1. The van der Waals surface area contributed by atoms with Gasteiger partial charge in [-0.1, -0.05) is 47.5 Å². The molecule has 0 radical (unpaired) electrons. The van der Waals surface area contributed by atoms with Crippen molar-refractivity contribution in [3.05, 3.63) is 64.7 Å². The van der Waals surface area contributed by atoms with Gasteiger partial charge in [0.05, 0.1) is 5.41 Å². The predicted molar refractivity (Wildman–Crippen MR) is 86.8 cm³/mol. The molecule has 1 aliphatic heterocycles. The van der Waals surface area contributed by atoms with Crippen LogP contribution in [-0.4, -0.2) is 13.0 Å². The molecule has 2 aromatic carbocycles. The molecule has 0 aromatic heterocycles. The molecule has 108 valence electrons. The van der Waals surface area contributed by atoms with E-state index in [1.54, 1.807) is 4.90 Å². The van der Waals surface area contributed by atoms with E-state index in [9.17, 15) is 4.79 Å². The number of nitrogens with zero attached hydrogens (tertiary/aromatic N) is 1. The molecule has 3 rings (SSSR count). The molecule has 0 N–H and O–H groups in total. The summed E-state index contributed by atoms with van der Waals surface area (Å²) in [6, 6.07) is 14.7. The molecule has 0 saturated carbocycles. The molecule has 0 spiro atoms. The highest BCUT2D eigenvalue weighted by Crippen LogP contribution is 2.42. The summed E-state index contributed by atoms with van der Waals surface area (Å²) in [6.07, 6.45) is 0.746. The molecule has 2 heteroatoms. The molecular formula is C19H21NO. The van der Waals surface area contributed by atoms with Crippen LogP contribution in [0.1, 0.15) is 29.2 Å². The number of hydrogen-bond donors (Lipinski definition) is 0. The third-order valence-corrected chi connectivity index (χ3v) is 4.48. The highest BCUT2D eigenvalue weighted by Gasteiger charge is 2.45. The lowest BCUT2D eigenvalue weighted by Gasteiger charge is -2.24. The fourth-order valence-corrected chi connectivity index (χ4v) is 3.58. The maximum atomic E-state index is 12.8. The number of benzene rings is 2. The fourth-order valence-electron chi connectivity index (χ4n) is 3.58. The Bertz CT molecular complexity index is 699. The van der Waals surface area contributed by atoms with E-state index in [0.29, 0.717) is 0 Å². The quantitative estimate of drug-likeness (QED) is 0.819. The monoisotopic (exact) mass is 279 g/mol. The highest BCUT2D eigenvalue weighted by atomic mass is 16.2. The van der Waals surface area contributed by atoms with Crippen LogP contribution in [0.4, 0.5) is 5.69 Å². The minimum atomic E-state index is -0.467. The second-order valence-electron chi connectivity index (χ2n) is 6.39. The summed E-state index contributed by atoms with van der Waals surface area (Å²) in [5.41, 5.74) is 5.44. The second-order valence-corrected chi connectivity index (χ2v) is 6.39. The van der Waals surface area contributed by atoms with Crippen molar-refractivity contribution >= 4 is 11.6 Å². The van der Waals surface area contributed by atoms with Gasteiger partial charge in [0.25, 0.3) is 0 Å². The summed E-state index contributed by atoms with van der Waals surface area (Å²) in [5.74, 6) is 0.183. The summed E-state index contributed by atoms with van der Waals surface area (Å²) in [4.78, 5) is 14.6. The molecule has 0 saturated heterocycles. The number of fused-ring (bicyclic) bond motifs is 1. The molecule has 2 nitrogen and oxygen atoms in total. The minimum Gasteiger partial charge on any atom is -0.314 e.